The van der Waals surface area contributed by atoms with Crippen molar-refractivity contribution >= 4 is 33.2 Å². The second kappa shape index (κ2) is 5.83. The molecule has 1 amide bonds. The van der Waals surface area contributed by atoms with Gasteiger partial charge in [0.15, 0.2) is 5.75 Å². The fourth-order valence-electron chi connectivity index (χ4n) is 1.71. The van der Waals surface area contributed by atoms with Crippen molar-refractivity contribution in [3.8, 4) is 11.5 Å². The van der Waals surface area contributed by atoms with Gasteiger partial charge >= 0.3 is 0 Å². The van der Waals surface area contributed by atoms with Crippen molar-refractivity contribution in [1.29, 1.82) is 0 Å². The van der Waals surface area contributed by atoms with E-state index in [9.17, 15) is 9.90 Å². The number of anilines is 2. The number of nitrogen functional groups attached to an aromatic ring is 1. The Morgan fingerprint density at radius 3 is 2.80 bits per heavy atom. The number of para-hydroxylation sites is 1. The number of halogens is 1. The lowest BCUT2D eigenvalue weighted by molar-refractivity contribution is 0.102. The van der Waals surface area contributed by atoms with E-state index in [4.69, 9.17) is 10.5 Å². The fraction of sp³-hybridized carbons (Fsp3) is 0.0714. The van der Waals surface area contributed by atoms with Crippen LogP contribution in [0.4, 0.5) is 11.4 Å². The molecule has 0 aromatic heterocycles. The number of nitrogens with one attached hydrogen (secondary N) is 1. The minimum absolute atomic E-state index is 0.104. The van der Waals surface area contributed by atoms with Crippen LogP contribution < -0.4 is 15.8 Å². The van der Waals surface area contributed by atoms with E-state index in [0.717, 1.165) is 4.47 Å². The molecule has 2 aromatic rings. The van der Waals surface area contributed by atoms with Crippen LogP contribution in [0.15, 0.2) is 40.9 Å². The molecule has 104 valence electrons. The maximum atomic E-state index is 12.2. The second-order valence-corrected chi connectivity index (χ2v) is 4.96. The summed E-state index contributed by atoms with van der Waals surface area (Å²) in [4.78, 5) is 12.2. The van der Waals surface area contributed by atoms with Gasteiger partial charge in [-0.3, -0.25) is 4.79 Å². The van der Waals surface area contributed by atoms with Gasteiger partial charge in [-0.2, -0.15) is 0 Å². The second-order valence-electron chi connectivity index (χ2n) is 4.04. The summed E-state index contributed by atoms with van der Waals surface area (Å²) in [6.45, 7) is 0. The molecule has 6 heteroatoms. The molecular weight excluding hydrogens is 324 g/mol. The number of methoxy groups -OCH3 is 1. The smallest absolute Gasteiger partial charge is 0.259 e. The number of nitrogens with two attached hydrogens (primary N) is 1. The Hall–Kier alpha value is -2.21. The minimum Gasteiger partial charge on any atom is -0.505 e. The van der Waals surface area contributed by atoms with Crippen molar-refractivity contribution in [1.82, 2.24) is 0 Å². The van der Waals surface area contributed by atoms with Gasteiger partial charge in [0.05, 0.1) is 24.0 Å². The number of aromatic hydroxyl groups is 1. The van der Waals surface area contributed by atoms with E-state index in [2.05, 4.69) is 21.2 Å². The van der Waals surface area contributed by atoms with Crippen molar-refractivity contribution in [3.63, 3.8) is 0 Å². The zero-order chi connectivity index (χ0) is 14.7. The molecule has 4 N–H and O–H groups in total. The molecular formula is C14H13BrN2O3. The number of ether oxygens (including phenoxy) is 1. The van der Waals surface area contributed by atoms with Crippen LogP contribution in [0.3, 0.4) is 0 Å². The van der Waals surface area contributed by atoms with Gasteiger partial charge in [0.2, 0.25) is 0 Å². The van der Waals surface area contributed by atoms with Gasteiger partial charge < -0.3 is 20.9 Å². The standard InChI is InChI=1S/C14H13BrN2O3/c1-20-12-6-5-8(15)7-11(12)17-14(19)9-3-2-4-10(16)13(9)18/h2-7,18H,16H2,1H3,(H,17,19). The van der Waals surface area contributed by atoms with Crippen molar-refractivity contribution in [3.05, 3.63) is 46.4 Å². The van der Waals surface area contributed by atoms with Crippen molar-refractivity contribution < 1.29 is 14.6 Å². The van der Waals surface area contributed by atoms with Crippen molar-refractivity contribution in [2.75, 3.05) is 18.2 Å². The summed E-state index contributed by atoms with van der Waals surface area (Å²) in [6, 6.07) is 9.84. The van der Waals surface area contributed by atoms with Crippen LogP contribution >= 0.6 is 15.9 Å². The molecule has 0 spiro atoms. The van der Waals surface area contributed by atoms with E-state index >= 15 is 0 Å². The molecule has 0 atom stereocenters. The molecule has 20 heavy (non-hydrogen) atoms. The van der Waals surface area contributed by atoms with Crippen LogP contribution in [0.1, 0.15) is 10.4 Å². The van der Waals surface area contributed by atoms with Crippen molar-refractivity contribution in [2.45, 2.75) is 0 Å². The highest BCUT2D eigenvalue weighted by molar-refractivity contribution is 9.10. The van der Waals surface area contributed by atoms with Crippen LogP contribution in [0, 0.1) is 0 Å². The molecule has 0 heterocycles. The Morgan fingerprint density at radius 1 is 1.35 bits per heavy atom. The summed E-state index contributed by atoms with van der Waals surface area (Å²) in [7, 11) is 1.51. The molecule has 0 fully saturated rings. The van der Waals surface area contributed by atoms with E-state index in [1.54, 1.807) is 24.3 Å². The van der Waals surface area contributed by atoms with E-state index in [-0.39, 0.29) is 17.0 Å². The topological polar surface area (TPSA) is 84.6 Å². The largest absolute Gasteiger partial charge is 0.505 e. The number of benzene rings is 2. The van der Waals surface area contributed by atoms with E-state index in [1.165, 1.54) is 19.2 Å². The number of amides is 1. The molecule has 0 radical (unpaired) electrons. The van der Waals surface area contributed by atoms with E-state index in [1.807, 2.05) is 0 Å². The molecule has 0 unspecified atom stereocenters. The fourth-order valence-corrected chi connectivity index (χ4v) is 2.07. The molecule has 0 bridgehead atoms. The SMILES string of the molecule is COc1ccc(Br)cc1NC(=O)c1cccc(N)c1O. The Balaban J connectivity index is 2.32. The molecule has 5 nitrogen and oxygen atoms in total. The van der Waals surface area contributed by atoms with Gasteiger partial charge in [-0.05, 0) is 30.3 Å². The third kappa shape index (κ3) is 2.85. The monoisotopic (exact) mass is 336 g/mol. The first-order chi connectivity index (χ1) is 9.52. The Bertz CT molecular complexity index is 659. The molecule has 0 aliphatic rings. The highest BCUT2D eigenvalue weighted by Crippen LogP contribution is 2.30. The van der Waals surface area contributed by atoms with Gasteiger partial charge in [0.25, 0.3) is 5.91 Å². The van der Waals surface area contributed by atoms with Gasteiger partial charge in [-0.1, -0.05) is 22.0 Å². The minimum atomic E-state index is -0.466. The number of phenolic OH excluding ortho intramolecular Hbond substituents is 1. The first-order valence-corrected chi connectivity index (χ1v) is 6.54. The number of hydrogen-bond donors (Lipinski definition) is 3. The summed E-state index contributed by atoms with van der Waals surface area (Å²) in [5.74, 6) is -0.185. The predicted octanol–water partition coefficient (Wildman–Crippen LogP) is 3.00. The third-order valence-electron chi connectivity index (χ3n) is 2.72. The molecule has 0 saturated heterocycles. The van der Waals surface area contributed by atoms with Crippen molar-refractivity contribution in [2.24, 2.45) is 0 Å². The summed E-state index contributed by atoms with van der Waals surface area (Å²) >= 11 is 3.32. The Morgan fingerprint density at radius 2 is 2.10 bits per heavy atom. The lowest BCUT2D eigenvalue weighted by atomic mass is 10.1. The lowest BCUT2D eigenvalue weighted by Gasteiger charge is -2.11. The van der Waals surface area contributed by atoms with Crippen LogP contribution in [-0.2, 0) is 0 Å². The maximum absolute atomic E-state index is 12.2. The van der Waals surface area contributed by atoms with Crippen LogP contribution in [0.5, 0.6) is 11.5 Å². The number of rotatable bonds is 3. The first-order valence-electron chi connectivity index (χ1n) is 5.75. The number of hydrogen-bond acceptors (Lipinski definition) is 4. The van der Waals surface area contributed by atoms with Crippen LogP contribution in [-0.4, -0.2) is 18.1 Å². The number of carbonyl (C=O) groups excluding carboxylic acids is 1. The Labute approximate surface area is 124 Å². The van der Waals surface area contributed by atoms with E-state index in [0.29, 0.717) is 11.4 Å². The normalized spacial score (nSPS) is 10.1. The third-order valence-corrected chi connectivity index (χ3v) is 3.21. The summed E-state index contributed by atoms with van der Waals surface area (Å²) in [6.07, 6.45) is 0. The first kappa shape index (κ1) is 14.2. The Kier molecular flexibility index (Phi) is 4.14. The predicted molar refractivity (Wildman–Crippen MR) is 81.2 cm³/mol. The number of carbonyl (C=O) groups is 1. The average Bonchev–Trinajstić information content (AvgIpc) is 2.42. The quantitative estimate of drug-likeness (QED) is 0.594. The zero-order valence-electron chi connectivity index (χ0n) is 10.7. The maximum Gasteiger partial charge on any atom is 0.259 e. The molecule has 0 saturated carbocycles. The highest BCUT2D eigenvalue weighted by Gasteiger charge is 2.15. The molecule has 0 aliphatic heterocycles. The summed E-state index contributed by atoms with van der Waals surface area (Å²) < 4.78 is 5.96. The number of phenols is 1. The summed E-state index contributed by atoms with van der Waals surface area (Å²) in [5, 5.41) is 12.5. The van der Waals surface area contributed by atoms with Crippen LogP contribution in [0.2, 0.25) is 0 Å². The van der Waals surface area contributed by atoms with Gasteiger partial charge in [-0.15, -0.1) is 0 Å². The average molecular weight is 337 g/mol. The summed E-state index contributed by atoms with van der Waals surface area (Å²) in [5.41, 5.74) is 6.32. The zero-order valence-corrected chi connectivity index (χ0v) is 12.3. The van der Waals surface area contributed by atoms with E-state index < -0.39 is 5.91 Å². The molecule has 2 rings (SSSR count). The lowest BCUT2D eigenvalue weighted by Crippen LogP contribution is -2.13. The van der Waals surface area contributed by atoms with Gasteiger partial charge in [0.1, 0.15) is 5.75 Å². The highest BCUT2D eigenvalue weighted by atomic mass is 79.9. The molecule has 0 aliphatic carbocycles. The van der Waals surface area contributed by atoms with Gasteiger partial charge in [-0.25, -0.2) is 0 Å². The van der Waals surface area contributed by atoms with Gasteiger partial charge in [0, 0.05) is 4.47 Å². The molecule has 2 aromatic carbocycles. The van der Waals surface area contributed by atoms with Crippen LogP contribution in [0.25, 0.3) is 0 Å².